The highest BCUT2D eigenvalue weighted by molar-refractivity contribution is 5.98. The van der Waals surface area contributed by atoms with Gasteiger partial charge in [-0.2, -0.15) is 0 Å². The minimum atomic E-state index is -0.231. The fourth-order valence-electron chi connectivity index (χ4n) is 3.56. The predicted molar refractivity (Wildman–Crippen MR) is 75.8 cm³/mol. The van der Waals surface area contributed by atoms with E-state index in [9.17, 15) is 9.59 Å². The van der Waals surface area contributed by atoms with E-state index in [0.717, 1.165) is 25.9 Å². The van der Waals surface area contributed by atoms with Crippen molar-refractivity contribution >= 4 is 11.9 Å². The van der Waals surface area contributed by atoms with Crippen molar-refractivity contribution in [2.45, 2.75) is 32.7 Å². The number of rotatable bonds is 1. The summed E-state index contributed by atoms with van der Waals surface area (Å²) in [4.78, 5) is 26.1. The summed E-state index contributed by atoms with van der Waals surface area (Å²) in [6, 6.07) is -0.456. The van der Waals surface area contributed by atoms with Crippen molar-refractivity contribution in [3.8, 4) is 0 Å². The maximum absolute atomic E-state index is 12.7. The van der Waals surface area contributed by atoms with Crippen LogP contribution in [0.3, 0.4) is 0 Å². The summed E-state index contributed by atoms with van der Waals surface area (Å²) in [5.41, 5.74) is 1.37. The van der Waals surface area contributed by atoms with Gasteiger partial charge in [0.25, 0.3) is 5.91 Å². The molecule has 0 spiro atoms. The average molecular weight is 275 g/mol. The summed E-state index contributed by atoms with van der Waals surface area (Å²) in [5.74, 6) is 1.27. The summed E-state index contributed by atoms with van der Waals surface area (Å²) < 4.78 is 0. The van der Waals surface area contributed by atoms with E-state index in [4.69, 9.17) is 0 Å². The fraction of sp³-hybridized carbons (Fsp3) is 0.600. The Bertz CT molecular complexity index is 493. The molecule has 0 aromatic heterocycles. The number of carbonyl (C=O) groups is 2. The molecule has 20 heavy (non-hydrogen) atoms. The first-order valence-electron chi connectivity index (χ1n) is 7.29. The van der Waals surface area contributed by atoms with Gasteiger partial charge in [-0.1, -0.05) is 12.2 Å². The van der Waals surface area contributed by atoms with Crippen molar-refractivity contribution in [2.75, 3.05) is 13.1 Å². The molecule has 108 valence electrons. The number of nitrogens with zero attached hydrogens (tertiary/aromatic N) is 1. The normalized spacial score (nSPS) is 32.8. The third-order valence-corrected chi connectivity index (χ3v) is 4.62. The lowest BCUT2D eigenvalue weighted by Crippen LogP contribution is -2.50. The van der Waals surface area contributed by atoms with Crippen molar-refractivity contribution in [3.05, 3.63) is 23.4 Å². The van der Waals surface area contributed by atoms with E-state index < -0.39 is 0 Å². The Labute approximate surface area is 119 Å². The van der Waals surface area contributed by atoms with Crippen molar-refractivity contribution in [3.63, 3.8) is 0 Å². The third-order valence-electron chi connectivity index (χ3n) is 4.62. The second kappa shape index (κ2) is 4.96. The molecule has 5 nitrogen and oxygen atoms in total. The van der Waals surface area contributed by atoms with Crippen molar-refractivity contribution in [2.24, 2.45) is 11.8 Å². The van der Waals surface area contributed by atoms with E-state index in [1.165, 1.54) is 0 Å². The van der Waals surface area contributed by atoms with Gasteiger partial charge in [-0.15, -0.1) is 0 Å². The lowest BCUT2D eigenvalue weighted by molar-refractivity contribution is -0.126. The Morgan fingerprint density at radius 1 is 1.25 bits per heavy atom. The van der Waals surface area contributed by atoms with Crippen LogP contribution in [-0.4, -0.2) is 36.0 Å². The average Bonchev–Trinajstić information content (AvgIpc) is 2.81. The molecular formula is C15H21N3O2. The predicted octanol–water partition coefficient (Wildman–Crippen LogP) is 1.39. The maximum Gasteiger partial charge on any atom is 0.319 e. The molecule has 2 N–H and O–H groups in total. The molecule has 1 saturated heterocycles. The van der Waals surface area contributed by atoms with Gasteiger partial charge in [-0.25, -0.2) is 4.79 Å². The number of carbonyl (C=O) groups excluding carboxylic acids is 2. The zero-order valence-corrected chi connectivity index (χ0v) is 12.0. The lowest BCUT2D eigenvalue weighted by Gasteiger charge is -2.28. The molecule has 0 aromatic carbocycles. The van der Waals surface area contributed by atoms with Gasteiger partial charge in [-0.05, 0) is 38.5 Å². The molecule has 0 saturated carbocycles. The molecule has 1 fully saturated rings. The van der Waals surface area contributed by atoms with Crippen LogP contribution in [0.4, 0.5) is 4.79 Å². The smallest absolute Gasteiger partial charge is 0.319 e. The van der Waals surface area contributed by atoms with Crippen LogP contribution >= 0.6 is 0 Å². The Hall–Kier alpha value is -1.78. The van der Waals surface area contributed by atoms with E-state index in [-0.39, 0.29) is 18.0 Å². The van der Waals surface area contributed by atoms with Crippen LogP contribution in [0.1, 0.15) is 26.7 Å². The van der Waals surface area contributed by atoms with Gasteiger partial charge in [0.2, 0.25) is 0 Å². The molecule has 3 atom stereocenters. The van der Waals surface area contributed by atoms with Gasteiger partial charge >= 0.3 is 6.03 Å². The molecule has 0 aromatic rings. The summed E-state index contributed by atoms with van der Waals surface area (Å²) in [6.07, 6.45) is 6.61. The van der Waals surface area contributed by atoms with Crippen molar-refractivity contribution in [1.82, 2.24) is 15.5 Å². The van der Waals surface area contributed by atoms with E-state index >= 15 is 0 Å². The van der Waals surface area contributed by atoms with Gasteiger partial charge in [0, 0.05) is 18.8 Å². The highest BCUT2D eigenvalue weighted by Gasteiger charge is 2.38. The number of allylic oxidation sites excluding steroid dienone is 3. The topological polar surface area (TPSA) is 61.4 Å². The number of likely N-dealkylation sites (tertiary alicyclic amines) is 1. The van der Waals surface area contributed by atoms with Crippen LogP contribution in [-0.2, 0) is 4.79 Å². The van der Waals surface area contributed by atoms with Crippen LogP contribution in [0.2, 0.25) is 0 Å². The third kappa shape index (κ3) is 2.21. The van der Waals surface area contributed by atoms with Gasteiger partial charge in [0.15, 0.2) is 0 Å². The Morgan fingerprint density at radius 2 is 1.85 bits per heavy atom. The Morgan fingerprint density at radius 3 is 2.40 bits per heavy atom. The molecule has 3 rings (SSSR count). The summed E-state index contributed by atoms with van der Waals surface area (Å²) >= 11 is 0. The number of fused-ring (bicyclic) bond motifs is 1. The summed E-state index contributed by atoms with van der Waals surface area (Å²) in [5, 5.41) is 5.46. The molecule has 3 aliphatic rings. The van der Waals surface area contributed by atoms with E-state index in [1.54, 1.807) is 6.92 Å². The first kappa shape index (κ1) is 13.2. The molecule has 0 radical (unpaired) electrons. The zero-order chi connectivity index (χ0) is 14.3. The standard InChI is InChI=1S/C15H21N3O2/c1-9-13(10(2)17-15(20)16-9)14(19)18-7-11-5-3-4-6-12(11)8-18/h3-4,9,11-12H,5-8H2,1-2H3,(H2,16,17,20)/t9-,11-,12+/m0/s1. The van der Waals surface area contributed by atoms with Crippen molar-refractivity contribution < 1.29 is 9.59 Å². The molecule has 3 amide bonds. The monoisotopic (exact) mass is 275 g/mol. The molecule has 0 unspecified atom stereocenters. The molecule has 2 heterocycles. The number of amides is 3. The number of hydrogen-bond donors (Lipinski definition) is 2. The molecule has 5 heteroatoms. The first-order valence-corrected chi connectivity index (χ1v) is 7.29. The zero-order valence-electron chi connectivity index (χ0n) is 12.0. The number of hydrogen-bond acceptors (Lipinski definition) is 2. The van der Waals surface area contributed by atoms with Crippen LogP contribution in [0.5, 0.6) is 0 Å². The second-order valence-corrected chi connectivity index (χ2v) is 6.03. The largest absolute Gasteiger partial charge is 0.338 e. The van der Waals surface area contributed by atoms with E-state index in [0.29, 0.717) is 23.1 Å². The SMILES string of the molecule is CC1=C(C(=O)N2C[C@H]3CC=CC[C@H]3C2)[C@H](C)NC(=O)N1. The number of urea groups is 1. The van der Waals surface area contributed by atoms with Gasteiger partial charge in [-0.3, -0.25) is 4.79 Å². The highest BCUT2D eigenvalue weighted by atomic mass is 16.2. The minimum absolute atomic E-state index is 0.0666. The van der Waals surface area contributed by atoms with Crippen LogP contribution in [0, 0.1) is 11.8 Å². The molecule has 2 aliphatic heterocycles. The first-order chi connectivity index (χ1) is 9.56. The lowest BCUT2D eigenvalue weighted by atomic mass is 9.86. The van der Waals surface area contributed by atoms with Crippen LogP contribution in [0.25, 0.3) is 0 Å². The summed E-state index contributed by atoms with van der Waals surface area (Å²) in [7, 11) is 0. The van der Waals surface area contributed by atoms with E-state index in [2.05, 4.69) is 22.8 Å². The van der Waals surface area contributed by atoms with Crippen LogP contribution in [0.15, 0.2) is 23.4 Å². The van der Waals surface area contributed by atoms with Gasteiger partial charge in [0.05, 0.1) is 11.6 Å². The highest BCUT2D eigenvalue weighted by Crippen LogP contribution is 2.33. The van der Waals surface area contributed by atoms with Crippen molar-refractivity contribution in [1.29, 1.82) is 0 Å². The molecule has 1 aliphatic carbocycles. The van der Waals surface area contributed by atoms with E-state index in [1.807, 2.05) is 11.8 Å². The van der Waals surface area contributed by atoms with Crippen LogP contribution < -0.4 is 10.6 Å². The molecule has 0 bridgehead atoms. The Kier molecular flexibility index (Phi) is 3.28. The van der Waals surface area contributed by atoms with Gasteiger partial charge < -0.3 is 15.5 Å². The fourth-order valence-corrected chi connectivity index (χ4v) is 3.56. The number of nitrogens with one attached hydrogen (secondary N) is 2. The summed E-state index contributed by atoms with van der Waals surface area (Å²) in [6.45, 7) is 5.34. The maximum atomic E-state index is 12.7. The minimum Gasteiger partial charge on any atom is -0.338 e. The Balaban J connectivity index is 1.77. The quantitative estimate of drug-likeness (QED) is 0.710. The second-order valence-electron chi connectivity index (χ2n) is 6.03. The molecular weight excluding hydrogens is 254 g/mol. The van der Waals surface area contributed by atoms with Gasteiger partial charge in [0.1, 0.15) is 0 Å².